The van der Waals surface area contributed by atoms with Gasteiger partial charge in [-0.05, 0) is 48.9 Å². The molecule has 1 atom stereocenters. The third kappa shape index (κ3) is 1.63. The average Bonchev–Trinajstić information content (AvgIpc) is 2.60. The van der Waals surface area contributed by atoms with Crippen molar-refractivity contribution in [1.29, 1.82) is 0 Å². The molecule has 2 N–H and O–H groups in total. The highest BCUT2D eigenvalue weighted by molar-refractivity contribution is 5.08. The van der Waals surface area contributed by atoms with E-state index >= 15 is 0 Å². The monoisotopic (exact) mass is 181 g/mol. The Labute approximate surface area is 82.1 Å². The molecular weight excluding hydrogens is 158 g/mol. The third-order valence-electron chi connectivity index (χ3n) is 4.46. The Morgan fingerprint density at radius 3 is 1.92 bits per heavy atom. The van der Waals surface area contributed by atoms with E-state index in [1.165, 1.54) is 32.1 Å². The molecule has 2 saturated carbocycles. The molecule has 0 aromatic heterocycles. The first-order valence-electron chi connectivity index (χ1n) is 5.70. The van der Waals surface area contributed by atoms with Crippen LogP contribution >= 0.6 is 0 Å². The Morgan fingerprint density at radius 2 is 1.62 bits per heavy atom. The van der Waals surface area contributed by atoms with Gasteiger partial charge >= 0.3 is 0 Å². The minimum atomic E-state index is 0.514. The first kappa shape index (κ1) is 9.51. The molecule has 2 fully saturated rings. The van der Waals surface area contributed by atoms with Crippen molar-refractivity contribution in [2.45, 2.75) is 58.9 Å². The molecule has 0 saturated heterocycles. The summed E-state index contributed by atoms with van der Waals surface area (Å²) in [4.78, 5) is 0. The van der Waals surface area contributed by atoms with Crippen LogP contribution in [0.25, 0.3) is 0 Å². The SMILES string of the molecule is CC(C)(C)C1CCC2(CC1)C[C@H]2N. The lowest BCUT2D eigenvalue weighted by Crippen LogP contribution is -2.28. The van der Waals surface area contributed by atoms with E-state index in [0.717, 1.165) is 5.92 Å². The lowest BCUT2D eigenvalue weighted by atomic mass is 9.68. The fourth-order valence-corrected chi connectivity index (χ4v) is 3.01. The third-order valence-corrected chi connectivity index (χ3v) is 4.46. The van der Waals surface area contributed by atoms with Crippen LogP contribution in [-0.4, -0.2) is 6.04 Å². The van der Waals surface area contributed by atoms with Gasteiger partial charge in [0.25, 0.3) is 0 Å². The largest absolute Gasteiger partial charge is 0.327 e. The first-order chi connectivity index (χ1) is 5.94. The highest BCUT2D eigenvalue weighted by atomic mass is 14.8. The van der Waals surface area contributed by atoms with E-state index in [1.807, 2.05) is 0 Å². The minimum absolute atomic E-state index is 0.514. The van der Waals surface area contributed by atoms with Crippen LogP contribution in [0.5, 0.6) is 0 Å². The molecule has 0 aromatic carbocycles. The molecule has 0 aliphatic heterocycles. The van der Waals surface area contributed by atoms with Gasteiger partial charge in [-0.1, -0.05) is 20.8 Å². The molecule has 1 heteroatoms. The van der Waals surface area contributed by atoms with E-state index in [2.05, 4.69) is 20.8 Å². The van der Waals surface area contributed by atoms with Crippen LogP contribution in [0, 0.1) is 16.7 Å². The summed E-state index contributed by atoms with van der Waals surface area (Å²) in [5.74, 6) is 0.936. The second-order valence-electron chi connectivity index (χ2n) is 6.31. The summed E-state index contributed by atoms with van der Waals surface area (Å²) in [5.41, 5.74) is 7.11. The van der Waals surface area contributed by atoms with Gasteiger partial charge in [0.2, 0.25) is 0 Å². The van der Waals surface area contributed by atoms with Gasteiger partial charge in [-0.2, -0.15) is 0 Å². The summed E-state index contributed by atoms with van der Waals surface area (Å²) >= 11 is 0. The van der Waals surface area contributed by atoms with Gasteiger partial charge in [-0.15, -0.1) is 0 Å². The zero-order valence-corrected chi connectivity index (χ0v) is 9.27. The molecule has 1 spiro atoms. The van der Waals surface area contributed by atoms with Crippen LogP contribution in [0.1, 0.15) is 52.9 Å². The molecule has 0 radical (unpaired) electrons. The lowest BCUT2D eigenvalue weighted by Gasteiger charge is -2.37. The second-order valence-corrected chi connectivity index (χ2v) is 6.31. The van der Waals surface area contributed by atoms with Crippen LogP contribution in [0.15, 0.2) is 0 Å². The van der Waals surface area contributed by atoms with Crippen LogP contribution in [-0.2, 0) is 0 Å². The molecule has 0 unspecified atom stereocenters. The van der Waals surface area contributed by atoms with E-state index in [-0.39, 0.29) is 0 Å². The molecule has 2 aliphatic rings. The number of rotatable bonds is 0. The Morgan fingerprint density at radius 1 is 1.15 bits per heavy atom. The Kier molecular flexibility index (Phi) is 1.99. The highest BCUT2D eigenvalue weighted by Crippen LogP contribution is 2.58. The van der Waals surface area contributed by atoms with E-state index in [9.17, 15) is 0 Å². The van der Waals surface area contributed by atoms with Crippen molar-refractivity contribution >= 4 is 0 Å². The predicted molar refractivity (Wildman–Crippen MR) is 56.4 cm³/mol. The summed E-state index contributed by atoms with van der Waals surface area (Å²) in [6.07, 6.45) is 6.93. The van der Waals surface area contributed by atoms with Gasteiger partial charge in [0.05, 0.1) is 0 Å². The van der Waals surface area contributed by atoms with Gasteiger partial charge in [0.1, 0.15) is 0 Å². The summed E-state index contributed by atoms with van der Waals surface area (Å²) < 4.78 is 0. The number of hydrogen-bond donors (Lipinski definition) is 1. The Bertz CT molecular complexity index is 194. The molecular formula is C12H23N. The van der Waals surface area contributed by atoms with Gasteiger partial charge in [0.15, 0.2) is 0 Å². The number of nitrogens with two attached hydrogens (primary N) is 1. The van der Waals surface area contributed by atoms with E-state index in [1.54, 1.807) is 0 Å². The van der Waals surface area contributed by atoms with Crippen molar-refractivity contribution in [2.75, 3.05) is 0 Å². The lowest BCUT2D eigenvalue weighted by molar-refractivity contribution is 0.139. The van der Waals surface area contributed by atoms with Crippen molar-refractivity contribution in [3.05, 3.63) is 0 Å². The zero-order chi connectivity index (χ0) is 9.69. The molecule has 13 heavy (non-hydrogen) atoms. The van der Waals surface area contributed by atoms with E-state index in [0.29, 0.717) is 16.9 Å². The van der Waals surface area contributed by atoms with Gasteiger partial charge in [0, 0.05) is 6.04 Å². The van der Waals surface area contributed by atoms with Gasteiger partial charge in [-0.3, -0.25) is 0 Å². The van der Waals surface area contributed by atoms with E-state index < -0.39 is 0 Å². The van der Waals surface area contributed by atoms with Crippen molar-refractivity contribution < 1.29 is 0 Å². The zero-order valence-electron chi connectivity index (χ0n) is 9.27. The van der Waals surface area contributed by atoms with E-state index in [4.69, 9.17) is 5.73 Å². The number of hydrogen-bond acceptors (Lipinski definition) is 1. The first-order valence-corrected chi connectivity index (χ1v) is 5.70. The fourth-order valence-electron chi connectivity index (χ4n) is 3.01. The quantitative estimate of drug-likeness (QED) is 0.611. The minimum Gasteiger partial charge on any atom is -0.327 e. The topological polar surface area (TPSA) is 26.0 Å². The van der Waals surface area contributed by atoms with Crippen molar-refractivity contribution in [2.24, 2.45) is 22.5 Å². The highest BCUT2D eigenvalue weighted by Gasteiger charge is 2.53. The molecule has 0 heterocycles. The Balaban J connectivity index is 1.90. The maximum atomic E-state index is 5.99. The molecule has 2 rings (SSSR count). The predicted octanol–water partition coefficient (Wildman–Crippen LogP) is 2.94. The van der Waals surface area contributed by atoms with Crippen molar-refractivity contribution in [1.82, 2.24) is 0 Å². The molecule has 0 amide bonds. The molecule has 1 nitrogen and oxygen atoms in total. The van der Waals surface area contributed by atoms with Crippen LogP contribution in [0.2, 0.25) is 0 Å². The summed E-state index contributed by atoms with van der Waals surface area (Å²) in [6.45, 7) is 7.13. The second kappa shape index (κ2) is 2.73. The van der Waals surface area contributed by atoms with Crippen molar-refractivity contribution in [3.63, 3.8) is 0 Å². The normalized spacial score (nSPS) is 45.2. The van der Waals surface area contributed by atoms with Crippen LogP contribution < -0.4 is 5.73 Å². The Hall–Kier alpha value is -0.0400. The molecule has 0 bridgehead atoms. The average molecular weight is 181 g/mol. The maximum absolute atomic E-state index is 5.99. The standard InChI is InChI=1S/C12H23N/c1-11(2,3)9-4-6-12(7-5-9)8-10(12)13/h9-10H,4-8,13H2,1-3H3/t9?,10-,12?/m1/s1. The van der Waals surface area contributed by atoms with Crippen LogP contribution in [0.4, 0.5) is 0 Å². The molecule has 76 valence electrons. The molecule has 0 aromatic rings. The summed E-state index contributed by atoms with van der Waals surface area (Å²) in [6, 6.07) is 0.549. The van der Waals surface area contributed by atoms with Gasteiger partial charge < -0.3 is 5.73 Å². The smallest absolute Gasteiger partial charge is 0.0102 e. The van der Waals surface area contributed by atoms with Crippen LogP contribution in [0.3, 0.4) is 0 Å². The van der Waals surface area contributed by atoms with Gasteiger partial charge in [-0.25, -0.2) is 0 Å². The fraction of sp³-hybridized carbons (Fsp3) is 1.00. The maximum Gasteiger partial charge on any atom is 0.0102 e. The summed E-state index contributed by atoms with van der Waals surface area (Å²) in [5, 5.41) is 0. The van der Waals surface area contributed by atoms with Crippen molar-refractivity contribution in [3.8, 4) is 0 Å². The summed E-state index contributed by atoms with van der Waals surface area (Å²) in [7, 11) is 0. The molecule has 2 aliphatic carbocycles.